The molecule has 1 aromatic rings. The van der Waals surface area contributed by atoms with Crippen LogP contribution in [-0.2, 0) is 20.0 Å². The summed E-state index contributed by atoms with van der Waals surface area (Å²) in [4.78, 5) is 9.37. The summed E-state index contributed by atoms with van der Waals surface area (Å²) < 4.78 is 48.4. The Kier molecular flexibility index (Phi) is 5.78. The first-order valence-corrected chi connectivity index (χ1v) is 8.93. The number of non-ortho nitro benzene ring substituents is 1. The molecule has 21 heavy (non-hydrogen) atoms. The number of nitro benzene ring substituents is 1. The van der Waals surface area contributed by atoms with E-state index in [4.69, 9.17) is 5.11 Å². The number of aliphatic hydroxyl groups excluding tert-OH is 1. The number of nitrogens with zero attached hydrogens (tertiary/aromatic N) is 1. The highest BCUT2D eigenvalue weighted by Crippen LogP contribution is 2.16. The molecule has 0 aromatic heterocycles. The van der Waals surface area contributed by atoms with Crippen molar-refractivity contribution in [3.05, 3.63) is 34.4 Å². The zero-order valence-corrected chi connectivity index (χ0v) is 12.4. The molecule has 0 heterocycles. The van der Waals surface area contributed by atoms with Gasteiger partial charge in [0.1, 0.15) is 0 Å². The molecule has 11 heteroatoms. The predicted octanol–water partition coefficient (Wildman–Crippen LogP) is -0.0246. The molecule has 2 N–H and O–H groups in total. The number of nitrogens with one attached hydrogen (secondary N) is 1. The lowest BCUT2D eigenvalue weighted by Crippen LogP contribution is -2.32. The molecule has 0 saturated carbocycles. The lowest BCUT2D eigenvalue weighted by molar-refractivity contribution is -0.384. The Morgan fingerprint density at radius 3 is 2.14 bits per heavy atom. The molecule has 0 amide bonds. The van der Waals surface area contributed by atoms with Crippen molar-refractivity contribution in [3.8, 4) is 0 Å². The number of hydrogen-bond donors (Lipinski definition) is 2. The minimum Gasteiger partial charge on any atom is -0.396 e. The normalized spacial score (nSPS) is 12.2. The van der Waals surface area contributed by atoms with Crippen molar-refractivity contribution in [3.63, 3.8) is 0 Å². The summed E-state index contributed by atoms with van der Waals surface area (Å²) in [5.74, 6) is -0.445. The van der Waals surface area contributed by atoms with Crippen LogP contribution >= 0.6 is 0 Å². The third-order valence-electron chi connectivity index (χ3n) is 2.42. The molecule has 0 fully saturated rings. The molecular formula is C10H14N2O7S2. The van der Waals surface area contributed by atoms with Crippen LogP contribution < -0.4 is 4.13 Å². The summed E-state index contributed by atoms with van der Waals surface area (Å²) in [6.07, 6.45) is 0.347. The monoisotopic (exact) mass is 338 g/mol. The highest BCUT2D eigenvalue weighted by molar-refractivity contribution is 8.04. The smallest absolute Gasteiger partial charge is 0.269 e. The average Bonchev–Trinajstić information content (AvgIpc) is 2.37. The van der Waals surface area contributed by atoms with Crippen LogP contribution in [0.2, 0.25) is 0 Å². The predicted molar refractivity (Wildman–Crippen MR) is 73.5 cm³/mol. The van der Waals surface area contributed by atoms with Crippen molar-refractivity contribution in [2.24, 2.45) is 0 Å². The fraction of sp³-hybridized carbons (Fsp3) is 0.400. The topological polar surface area (TPSA) is 144 Å². The van der Waals surface area contributed by atoms with E-state index in [1.165, 1.54) is 0 Å². The number of unbranched alkanes of at least 4 members (excludes halogenated alkanes) is 1. The number of hydrogen-bond acceptors (Lipinski definition) is 7. The van der Waals surface area contributed by atoms with Crippen LogP contribution in [0.15, 0.2) is 29.2 Å². The Labute approximate surface area is 121 Å². The van der Waals surface area contributed by atoms with Gasteiger partial charge in [0, 0.05) is 18.7 Å². The molecule has 0 bridgehead atoms. The van der Waals surface area contributed by atoms with Gasteiger partial charge in [-0.05, 0) is 25.0 Å². The number of rotatable bonds is 8. The van der Waals surface area contributed by atoms with E-state index in [9.17, 15) is 26.9 Å². The van der Waals surface area contributed by atoms with Crippen LogP contribution in [0.25, 0.3) is 0 Å². The molecule has 0 aliphatic heterocycles. The standard InChI is InChI=1S/C10H14N2O7S2/c13-7-1-2-8-20(16,17)11-21(18,19)10-5-3-9(4-6-10)12(14)15/h3-6,11,13H,1-2,7-8H2. The number of benzene rings is 1. The van der Waals surface area contributed by atoms with Crippen molar-refractivity contribution in [2.45, 2.75) is 17.7 Å². The lowest BCUT2D eigenvalue weighted by atomic mass is 10.3. The molecule has 1 aromatic carbocycles. The van der Waals surface area contributed by atoms with E-state index in [2.05, 4.69) is 0 Å². The van der Waals surface area contributed by atoms with Crippen LogP contribution in [0.3, 0.4) is 0 Å². The second kappa shape index (κ2) is 6.93. The summed E-state index contributed by atoms with van der Waals surface area (Å²) in [5, 5.41) is 19.0. The van der Waals surface area contributed by atoms with E-state index in [0.29, 0.717) is 0 Å². The first-order chi connectivity index (χ1) is 9.68. The van der Waals surface area contributed by atoms with E-state index < -0.39 is 30.7 Å². The largest absolute Gasteiger partial charge is 0.396 e. The van der Waals surface area contributed by atoms with Crippen LogP contribution in [0, 0.1) is 10.1 Å². The Morgan fingerprint density at radius 2 is 1.67 bits per heavy atom. The molecular weight excluding hydrogens is 324 g/mol. The lowest BCUT2D eigenvalue weighted by Gasteiger charge is -2.07. The Hall–Kier alpha value is -1.56. The highest BCUT2D eigenvalue weighted by atomic mass is 32.3. The van der Waals surface area contributed by atoms with E-state index >= 15 is 0 Å². The third kappa shape index (κ3) is 5.38. The van der Waals surface area contributed by atoms with Gasteiger partial charge in [0.2, 0.25) is 10.0 Å². The summed E-state index contributed by atoms with van der Waals surface area (Å²) in [5.41, 5.74) is -0.306. The zero-order valence-electron chi connectivity index (χ0n) is 10.8. The second-order valence-corrected chi connectivity index (χ2v) is 7.87. The molecule has 1 rings (SSSR count). The average molecular weight is 338 g/mol. The molecule has 0 atom stereocenters. The van der Waals surface area contributed by atoms with Gasteiger partial charge < -0.3 is 5.11 Å². The Morgan fingerprint density at radius 1 is 1.10 bits per heavy atom. The minimum atomic E-state index is -4.32. The van der Waals surface area contributed by atoms with Gasteiger partial charge in [0.25, 0.3) is 15.7 Å². The first kappa shape index (κ1) is 17.5. The van der Waals surface area contributed by atoms with Crippen LogP contribution in [-0.4, -0.2) is 39.2 Å². The van der Waals surface area contributed by atoms with Gasteiger partial charge in [0.15, 0.2) is 0 Å². The number of aliphatic hydroxyl groups is 1. The van der Waals surface area contributed by atoms with E-state index in [-0.39, 0.29) is 30.0 Å². The van der Waals surface area contributed by atoms with Crippen molar-refractivity contribution in [1.82, 2.24) is 4.13 Å². The van der Waals surface area contributed by atoms with Gasteiger partial charge in [-0.1, -0.05) is 0 Å². The van der Waals surface area contributed by atoms with Crippen LogP contribution in [0.5, 0.6) is 0 Å². The summed E-state index contributed by atoms with van der Waals surface area (Å²) in [6, 6.07) is 3.83. The molecule has 0 radical (unpaired) electrons. The van der Waals surface area contributed by atoms with Crippen molar-refractivity contribution in [1.29, 1.82) is 0 Å². The SMILES string of the molecule is O=[N+]([O-])c1ccc(S(=O)(=O)NS(=O)(=O)CCCCO)cc1. The van der Waals surface area contributed by atoms with Gasteiger partial charge in [-0.3, -0.25) is 10.1 Å². The van der Waals surface area contributed by atoms with E-state index in [1.807, 2.05) is 0 Å². The van der Waals surface area contributed by atoms with Crippen molar-refractivity contribution in [2.75, 3.05) is 12.4 Å². The van der Waals surface area contributed by atoms with Gasteiger partial charge in [-0.25, -0.2) is 16.8 Å². The van der Waals surface area contributed by atoms with Gasteiger partial charge >= 0.3 is 0 Å². The maximum absolute atomic E-state index is 11.9. The number of sulfonamides is 2. The van der Waals surface area contributed by atoms with E-state index in [0.717, 1.165) is 24.3 Å². The van der Waals surface area contributed by atoms with E-state index in [1.54, 1.807) is 4.13 Å². The highest BCUT2D eigenvalue weighted by Gasteiger charge is 2.23. The molecule has 9 nitrogen and oxygen atoms in total. The maximum Gasteiger partial charge on any atom is 0.269 e. The van der Waals surface area contributed by atoms with Crippen LogP contribution in [0.4, 0.5) is 5.69 Å². The summed E-state index contributed by atoms with van der Waals surface area (Å²) in [7, 11) is -8.39. The summed E-state index contributed by atoms with van der Waals surface area (Å²) >= 11 is 0. The molecule has 0 aliphatic rings. The van der Waals surface area contributed by atoms with Crippen LogP contribution in [0.1, 0.15) is 12.8 Å². The molecule has 118 valence electrons. The molecule has 0 unspecified atom stereocenters. The second-order valence-electron chi connectivity index (χ2n) is 4.09. The molecule has 0 saturated heterocycles. The first-order valence-electron chi connectivity index (χ1n) is 5.79. The van der Waals surface area contributed by atoms with Crippen molar-refractivity contribution >= 4 is 25.7 Å². The Balaban J connectivity index is 2.88. The van der Waals surface area contributed by atoms with Gasteiger partial charge in [0.05, 0.1) is 15.6 Å². The minimum absolute atomic E-state index is 0.113. The fourth-order valence-electron chi connectivity index (χ4n) is 1.41. The fourth-order valence-corrected chi connectivity index (χ4v) is 4.54. The summed E-state index contributed by atoms with van der Waals surface area (Å²) in [6.45, 7) is -0.190. The molecule has 0 aliphatic carbocycles. The number of nitro groups is 1. The Bertz CT molecular complexity index is 695. The maximum atomic E-state index is 11.9. The van der Waals surface area contributed by atoms with Crippen molar-refractivity contribution < 1.29 is 26.9 Å². The quantitative estimate of drug-likeness (QED) is 0.385. The zero-order chi connectivity index (χ0) is 16.1. The molecule has 0 spiro atoms. The van der Waals surface area contributed by atoms with Gasteiger partial charge in [-0.2, -0.15) is 0 Å². The third-order valence-corrected chi connectivity index (χ3v) is 6.03. The van der Waals surface area contributed by atoms with Gasteiger partial charge in [-0.15, -0.1) is 4.13 Å².